The van der Waals surface area contributed by atoms with Crippen LogP contribution in [0.4, 0.5) is 0 Å². The van der Waals surface area contributed by atoms with Crippen LogP contribution in [-0.2, 0) is 0 Å². The van der Waals surface area contributed by atoms with Crippen LogP contribution < -0.4 is 5.32 Å². The zero-order chi connectivity index (χ0) is 14.5. The van der Waals surface area contributed by atoms with Gasteiger partial charge in [-0.25, -0.2) is 0 Å². The van der Waals surface area contributed by atoms with E-state index in [1.807, 2.05) is 30.3 Å². The maximum absolute atomic E-state index is 12.3. The molecule has 0 aliphatic rings. The summed E-state index contributed by atoms with van der Waals surface area (Å²) in [5, 5.41) is 14.9. The van der Waals surface area contributed by atoms with Gasteiger partial charge in [0.05, 0.1) is 5.56 Å². The first kappa shape index (κ1) is 14.4. The third kappa shape index (κ3) is 2.93. The molecule has 2 N–H and O–H groups in total. The second-order valence-corrected chi connectivity index (χ2v) is 5.05. The highest BCUT2D eigenvalue weighted by Crippen LogP contribution is 2.28. The Bertz CT molecular complexity index is 607. The van der Waals surface area contributed by atoms with Crippen molar-refractivity contribution >= 4 is 16.7 Å². The molecule has 0 saturated heterocycles. The summed E-state index contributed by atoms with van der Waals surface area (Å²) >= 11 is 0. The van der Waals surface area contributed by atoms with E-state index in [0.29, 0.717) is 10.9 Å². The molecule has 0 heterocycles. The summed E-state index contributed by atoms with van der Waals surface area (Å²) < 4.78 is 0. The van der Waals surface area contributed by atoms with Gasteiger partial charge in [-0.3, -0.25) is 4.79 Å². The average molecular weight is 271 g/mol. The second-order valence-electron chi connectivity index (χ2n) is 5.05. The van der Waals surface area contributed by atoms with E-state index < -0.39 is 0 Å². The quantitative estimate of drug-likeness (QED) is 0.867. The lowest BCUT2D eigenvalue weighted by molar-refractivity contribution is 0.0931. The topological polar surface area (TPSA) is 49.3 Å². The number of aromatic hydroxyl groups is 1. The molecule has 1 unspecified atom stereocenters. The number of nitrogens with one attached hydrogen (secondary N) is 1. The minimum Gasteiger partial charge on any atom is -0.506 e. The predicted molar refractivity (Wildman–Crippen MR) is 82.1 cm³/mol. The molecule has 106 valence electrons. The molecule has 0 aliphatic carbocycles. The first-order chi connectivity index (χ1) is 9.67. The van der Waals surface area contributed by atoms with Gasteiger partial charge in [-0.05, 0) is 24.3 Å². The van der Waals surface area contributed by atoms with E-state index in [1.165, 1.54) is 0 Å². The molecule has 20 heavy (non-hydrogen) atoms. The van der Waals surface area contributed by atoms with Crippen molar-refractivity contribution in [1.82, 2.24) is 5.32 Å². The van der Waals surface area contributed by atoms with E-state index in [9.17, 15) is 9.90 Å². The molecule has 2 aromatic rings. The van der Waals surface area contributed by atoms with Crippen molar-refractivity contribution in [3.8, 4) is 5.75 Å². The molecule has 0 saturated carbocycles. The Labute approximate surface area is 119 Å². The lowest BCUT2D eigenvalue weighted by atomic mass is 10.0. The smallest absolute Gasteiger partial charge is 0.255 e. The summed E-state index contributed by atoms with van der Waals surface area (Å²) in [6.45, 7) is 4.16. The number of carbonyl (C=O) groups excluding carboxylic acids is 1. The Morgan fingerprint density at radius 2 is 1.95 bits per heavy atom. The Hall–Kier alpha value is -2.03. The summed E-state index contributed by atoms with van der Waals surface area (Å²) in [5.41, 5.74) is 0.346. The summed E-state index contributed by atoms with van der Waals surface area (Å²) in [7, 11) is 0. The van der Waals surface area contributed by atoms with Gasteiger partial charge in [-0.2, -0.15) is 0 Å². The highest BCUT2D eigenvalue weighted by molar-refractivity contribution is 6.03. The molecule has 0 spiro atoms. The summed E-state index contributed by atoms with van der Waals surface area (Å²) in [6, 6.07) is 11.2. The van der Waals surface area contributed by atoms with Gasteiger partial charge in [0, 0.05) is 11.4 Å². The van der Waals surface area contributed by atoms with Crippen molar-refractivity contribution in [2.75, 3.05) is 0 Å². The van der Waals surface area contributed by atoms with Crippen molar-refractivity contribution in [1.29, 1.82) is 0 Å². The van der Waals surface area contributed by atoms with E-state index in [2.05, 4.69) is 19.2 Å². The van der Waals surface area contributed by atoms with Crippen molar-refractivity contribution < 1.29 is 9.90 Å². The molecule has 2 rings (SSSR count). The Morgan fingerprint density at radius 1 is 1.20 bits per heavy atom. The summed E-state index contributed by atoms with van der Waals surface area (Å²) in [4.78, 5) is 12.3. The van der Waals surface area contributed by atoms with Crippen molar-refractivity contribution in [3.63, 3.8) is 0 Å². The Morgan fingerprint density at radius 3 is 2.65 bits per heavy atom. The molecule has 0 aromatic heterocycles. The van der Waals surface area contributed by atoms with Crippen LogP contribution in [0.3, 0.4) is 0 Å². The summed E-state index contributed by atoms with van der Waals surface area (Å²) in [6.07, 6.45) is 2.88. The van der Waals surface area contributed by atoms with E-state index in [1.54, 1.807) is 6.07 Å². The molecule has 0 aliphatic heterocycles. The van der Waals surface area contributed by atoms with Gasteiger partial charge in [0.15, 0.2) is 0 Å². The van der Waals surface area contributed by atoms with Crippen LogP contribution in [0.1, 0.15) is 43.5 Å². The van der Waals surface area contributed by atoms with E-state index in [-0.39, 0.29) is 17.7 Å². The third-order valence-corrected chi connectivity index (χ3v) is 3.61. The number of hydrogen-bond donors (Lipinski definition) is 2. The Kier molecular flexibility index (Phi) is 4.61. The van der Waals surface area contributed by atoms with Gasteiger partial charge in [0.25, 0.3) is 5.91 Å². The summed E-state index contributed by atoms with van der Waals surface area (Å²) in [5.74, 6) is -0.138. The molecular formula is C17H21NO2. The lowest BCUT2D eigenvalue weighted by Gasteiger charge is -2.17. The predicted octanol–water partition coefficient (Wildman–Crippen LogP) is 3.85. The number of amides is 1. The van der Waals surface area contributed by atoms with Gasteiger partial charge < -0.3 is 10.4 Å². The van der Waals surface area contributed by atoms with E-state index >= 15 is 0 Å². The zero-order valence-electron chi connectivity index (χ0n) is 12.0. The standard InChI is InChI=1S/C17H21NO2/c1-3-7-13(4-2)18-17(20)15-11-10-12-8-5-6-9-14(12)16(15)19/h5-6,8-11,13,19H,3-4,7H2,1-2H3,(H,18,20). The fourth-order valence-corrected chi connectivity index (χ4v) is 2.43. The first-order valence-electron chi connectivity index (χ1n) is 7.19. The van der Waals surface area contributed by atoms with Crippen LogP contribution in [-0.4, -0.2) is 17.1 Å². The lowest BCUT2D eigenvalue weighted by Crippen LogP contribution is -2.34. The molecule has 0 bridgehead atoms. The van der Waals surface area contributed by atoms with Crippen LogP contribution >= 0.6 is 0 Å². The van der Waals surface area contributed by atoms with E-state index in [4.69, 9.17) is 0 Å². The first-order valence-corrected chi connectivity index (χ1v) is 7.19. The van der Waals surface area contributed by atoms with Crippen LogP contribution in [0, 0.1) is 0 Å². The highest BCUT2D eigenvalue weighted by atomic mass is 16.3. The largest absolute Gasteiger partial charge is 0.506 e. The number of hydrogen-bond acceptors (Lipinski definition) is 2. The minimum atomic E-state index is -0.200. The number of rotatable bonds is 5. The number of phenolic OH excluding ortho intramolecular Hbond substituents is 1. The average Bonchev–Trinajstić information content (AvgIpc) is 2.47. The second kappa shape index (κ2) is 6.42. The molecule has 1 atom stereocenters. The zero-order valence-corrected chi connectivity index (χ0v) is 12.0. The third-order valence-electron chi connectivity index (χ3n) is 3.61. The number of benzene rings is 2. The fourth-order valence-electron chi connectivity index (χ4n) is 2.43. The van der Waals surface area contributed by atoms with Crippen LogP contribution in [0.5, 0.6) is 5.75 Å². The molecule has 2 aromatic carbocycles. The van der Waals surface area contributed by atoms with Crippen LogP contribution in [0.25, 0.3) is 10.8 Å². The van der Waals surface area contributed by atoms with Gasteiger partial charge in [0.1, 0.15) is 5.75 Å². The molecule has 1 amide bonds. The van der Waals surface area contributed by atoms with Gasteiger partial charge in [-0.15, -0.1) is 0 Å². The normalized spacial score (nSPS) is 12.3. The number of phenols is 1. The van der Waals surface area contributed by atoms with Gasteiger partial charge >= 0.3 is 0 Å². The van der Waals surface area contributed by atoms with Crippen molar-refractivity contribution in [2.24, 2.45) is 0 Å². The maximum Gasteiger partial charge on any atom is 0.255 e. The molecular weight excluding hydrogens is 250 g/mol. The van der Waals surface area contributed by atoms with Crippen LogP contribution in [0.15, 0.2) is 36.4 Å². The monoisotopic (exact) mass is 271 g/mol. The minimum absolute atomic E-state index is 0.0620. The Balaban J connectivity index is 2.28. The fraction of sp³-hybridized carbons (Fsp3) is 0.353. The van der Waals surface area contributed by atoms with Crippen molar-refractivity contribution in [2.45, 2.75) is 39.2 Å². The number of fused-ring (bicyclic) bond motifs is 1. The SMILES string of the molecule is CCCC(CC)NC(=O)c1ccc2ccccc2c1O. The number of carbonyl (C=O) groups is 1. The van der Waals surface area contributed by atoms with E-state index in [0.717, 1.165) is 24.6 Å². The van der Waals surface area contributed by atoms with Gasteiger partial charge in [-0.1, -0.05) is 50.6 Å². The molecule has 3 heteroatoms. The highest BCUT2D eigenvalue weighted by Gasteiger charge is 2.16. The maximum atomic E-state index is 12.3. The van der Waals surface area contributed by atoms with Crippen LogP contribution in [0.2, 0.25) is 0 Å². The molecule has 3 nitrogen and oxygen atoms in total. The van der Waals surface area contributed by atoms with Gasteiger partial charge in [0.2, 0.25) is 0 Å². The molecule has 0 fully saturated rings. The van der Waals surface area contributed by atoms with Crippen molar-refractivity contribution in [3.05, 3.63) is 42.0 Å². The molecule has 0 radical (unpaired) electrons.